The predicted octanol–water partition coefficient (Wildman–Crippen LogP) is 0.781. The number of aliphatic carboxylic acids is 1. The smallest absolute Gasteiger partial charge is 0.326 e. The van der Waals surface area contributed by atoms with Crippen LogP contribution in [0, 0.1) is 5.92 Å². The summed E-state index contributed by atoms with van der Waals surface area (Å²) in [6, 6.07) is -0.818. The summed E-state index contributed by atoms with van der Waals surface area (Å²) in [4.78, 5) is 22.7. The average molecular weight is 229 g/mol. The molecule has 5 nitrogen and oxygen atoms in total. The monoisotopic (exact) mass is 229 g/mol. The highest BCUT2D eigenvalue weighted by molar-refractivity contribution is 5.86. The summed E-state index contributed by atoms with van der Waals surface area (Å²) < 4.78 is 5.20. The first kappa shape index (κ1) is 13.0. The minimum absolute atomic E-state index is 0.0807. The van der Waals surface area contributed by atoms with Gasteiger partial charge in [0.25, 0.3) is 0 Å². The first-order valence-electron chi connectivity index (χ1n) is 5.71. The molecule has 3 atom stereocenters. The molecule has 1 amide bonds. The number of carboxylic acids is 1. The number of carbonyl (C=O) groups excluding carboxylic acids is 1. The van der Waals surface area contributed by atoms with Gasteiger partial charge >= 0.3 is 5.97 Å². The molecular formula is C11H19NO4. The van der Waals surface area contributed by atoms with Gasteiger partial charge in [0.1, 0.15) is 12.1 Å². The first-order valence-corrected chi connectivity index (χ1v) is 5.71. The van der Waals surface area contributed by atoms with E-state index in [1.165, 1.54) is 0 Å². The fourth-order valence-electron chi connectivity index (χ4n) is 1.71. The summed E-state index contributed by atoms with van der Waals surface area (Å²) in [6.45, 7) is 4.30. The number of amides is 1. The Hall–Kier alpha value is -1.10. The Morgan fingerprint density at radius 2 is 2.25 bits per heavy atom. The van der Waals surface area contributed by atoms with Crippen LogP contribution in [0.15, 0.2) is 0 Å². The van der Waals surface area contributed by atoms with E-state index >= 15 is 0 Å². The van der Waals surface area contributed by atoms with Crippen LogP contribution < -0.4 is 5.32 Å². The van der Waals surface area contributed by atoms with Crippen LogP contribution in [0.1, 0.15) is 33.1 Å². The Morgan fingerprint density at radius 1 is 1.56 bits per heavy atom. The van der Waals surface area contributed by atoms with Crippen molar-refractivity contribution in [3.8, 4) is 0 Å². The first-order chi connectivity index (χ1) is 7.56. The second kappa shape index (κ2) is 5.84. The van der Waals surface area contributed by atoms with Gasteiger partial charge in [0.2, 0.25) is 5.91 Å². The molecule has 0 saturated carbocycles. The maximum Gasteiger partial charge on any atom is 0.326 e. The van der Waals surface area contributed by atoms with Crippen LogP contribution in [0.25, 0.3) is 0 Å². The van der Waals surface area contributed by atoms with Crippen molar-refractivity contribution in [1.82, 2.24) is 5.32 Å². The molecule has 0 bridgehead atoms. The van der Waals surface area contributed by atoms with Gasteiger partial charge in [-0.15, -0.1) is 0 Å². The molecule has 1 saturated heterocycles. The number of carbonyl (C=O) groups is 2. The molecular weight excluding hydrogens is 210 g/mol. The molecule has 0 aromatic rings. The third-order valence-electron chi connectivity index (χ3n) is 3.00. The summed E-state index contributed by atoms with van der Waals surface area (Å²) in [6.07, 6.45) is 1.78. The van der Waals surface area contributed by atoms with Crippen molar-refractivity contribution in [2.24, 2.45) is 5.92 Å². The normalized spacial score (nSPS) is 23.8. The third-order valence-corrected chi connectivity index (χ3v) is 3.00. The number of nitrogens with one attached hydrogen (secondary N) is 1. The fourth-order valence-corrected chi connectivity index (χ4v) is 1.71. The molecule has 0 unspecified atom stereocenters. The zero-order chi connectivity index (χ0) is 12.1. The lowest BCUT2D eigenvalue weighted by molar-refractivity contribution is -0.145. The van der Waals surface area contributed by atoms with E-state index in [1.807, 2.05) is 13.8 Å². The van der Waals surface area contributed by atoms with Crippen LogP contribution >= 0.6 is 0 Å². The standard InChI is InChI=1S/C11H19NO4/c1-3-7(2)9(11(14)15)12-10(13)8-5-4-6-16-8/h7-9H,3-6H2,1-2H3,(H,12,13)(H,14,15)/t7-,8+,9-/m0/s1. The lowest BCUT2D eigenvalue weighted by atomic mass is 9.99. The molecule has 16 heavy (non-hydrogen) atoms. The second-order valence-corrected chi connectivity index (χ2v) is 4.21. The molecule has 2 N–H and O–H groups in total. The molecule has 0 radical (unpaired) electrons. The van der Waals surface area contributed by atoms with Gasteiger partial charge in [-0.25, -0.2) is 4.79 Å². The minimum atomic E-state index is -0.985. The number of carboxylic acid groups (broad SMARTS) is 1. The van der Waals surface area contributed by atoms with Crippen molar-refractivity contribution in [3.63, 3.8) is 0 Å². The summed E-state index contributed by atoms with van der Waals surface area (Å²) >= 11 is 0. The lowest BCUT2D eigenvalue weighted by Crippen LogP contribution is -2.48. The zero-order valence-electron chi connectivity index (χ0n) is 9.73. The van der Waals surface area contributed by atoms with Gasteiger partial charge in [0.05, 0.1) is 0 Å². The van der Waals surface area contributed by atoms with Crippen LogP contribution in [-0.4, -0.2) is 35.7 Å². The Morgan fingerprint density at radius 3 is 2.69 bits per heavy atom. The van der Waals surface area contributed by atoms with Gasteiger partial charge in [0, 0.05) is 6.61 Å². The molecule has 5 heteroatoms. The van der Waals surface area contributed by atoms with Crippen LogP contribution in [0.5, 0.6) is 0 Å². The number of ether oxygens (including phenoxy) is 1. The molecule has 1 heterocycles. The van der Waals surface area contributed by atoms with Gasteiger partial charge in [-0.3, -0.25) is 4.79 Å². The number of hydrogen-bond donors (Lipinski definition) is 2. The second-order valence-electron chi connectivity index (χ2n) is 4.21. The van der Waals surface area contributed by atoms with Crippen molar-refractivity contribution in [3.05, 3.63) is 0 Å². The van der Waals surface area contributed by atoms with E-state index in [4.69, 9.17) is 9.84 Å². The average Bonchev–Trinajstić information content (AvgIpc) is 2.77. The quantitative estimate of drug-likeness (QED) is 0.730. The lowest BCUT2D eigenvalue weighted by Gasteiger charge is -2.21. The van der Waals surface area contributed by atoms with E-state index in [-0.39, 0.29) is 11.8 Å². The molecule has 0 spiro atoms. The van der Waals surface area contributed by atoms with Crippen molar-refractivity contribution in [2.45, 2.75) is 45.3 Å². The van der Waals surface area contributed by atoms with Crippen LogP contribution in [0.4, 0.5) is 0 Å². The summed E-state index contributed by atoms with van der Waals surface area (Å²) in [5.41, 5.74) is 0. The molecule has 1 aliphatic heterocycles. The summed E-state index contributed by atoms with van der Waals surface area (Å²) in [5, 5.41) is 11.6. The highest BCUT2D eigenvalue weighted by atomic mass is 16.5. The van der Waals surface area contributed by atoms with E-state index in [0.29, 0.717) is 19.4 Å². The van der Waals surface area contributed by atoms with E-state index in [1.54, 1.807) is 0 Å². The van der Waals surface area contributed by atoms with E-state index in [2.05, 4.69) is 5.32 Å². The SMILES string of the molecule is CC[C@H](C)[C@H](NC(=O)[C@H]1CCCO1)C(=O)O. The van der Waals surface area contributed by atoms with Crippen molar-refractivity contribution < 1.29 is 19.4 Å². The maximum absolute atomic E-state index is 11.7. The Balaban J connectivity index is 2.53. The van der Waals surface area contributed by atoms with Gasteiger partial charge in [0.15, 0.2) is 0 Å². The number of hydrogen-bond acceptors (Lipinski definition) is 3. The van der Waals surface area contributed by atoms with Crippen molar-refractivity contribution >= 4 is 11.9 Å². The zero-order valence-corrected chi connectivity index (χ0v) is 9.73. The van der Waals surface area contributed by atoms with Gasteiger partial charge in [-0.2, -0.15) is 0 Å². The predicted molar refractivity (Wildman–Crippen MR) is 58.0 cm³/mol. The van der Waals surface area contributed by atoms with Crippen molar-refractivity contribution in [1.29, 1.82) is 0 Å². The van der Waals surface area contributed by atoms with Crippen LogP contribution in [-0.2, 0) is 14.3 Å². The molecule has 0 aromatic carbocycles. The van der Waals surface area contributed by atoms with Gasteiger partial charge in [-0.05, 0) is 18.8 Å². The van der Waals surface area contributed by atoms with E-state index in [9.17, 15) is 9.59 Å². The largest absolute Gasteiger partial charge is 0.480 e. The summed E-state index contributed by atoms with van der Waals surface area (Å²) in [7, 11) is 0. The molecule has 1 rings (SSSR count). The van der Waals surface area contributed by atoms with E-state index < -0.39 is 18.1 Å². The molecule has 1 fully saturated rings. The molecule has 92 valence electrons. The molecule has 0 aromatic heterocycles. The maximum atomic E-state index is 11.7. The van der Waals surface area contributed by atoms with Gasteiger partial charge in [-0.1, -0.05) is 20.3 Å². The number of rotatable bonds is 5. The Kier molecular flexibility index (Phi) is 4.73. The molecule has 1 aliphatic rings. The van der Waals surface area contributed by atoms with Crippen LogP contribution in [0.2, 0.25) is 0 Å². The minimum Gasteiger partial charge on any atom is -0.480 e. The Bertz CT molecular complexity index is 261. The van der Waals surface area contributed by atoms with Gasteiger partial charge < -0.3 is 15.2 Å². The summed E-state index contributed by atoms with van der Waals surface area (Å²) in [5.74, 6) is -1.37. The van der Waals surface area contributed by atoms with E-state index in [0.717, 1.165) is 6.42 Å². The highest BCUT2D eigenvalue weighted by Gasteiger charge is 2.30. The Labute approximate surface area is 95.2 Å². The fraction of sp³-hybridized carbons (Fsp3) is 0.818. The van der Waals surface area contributed by atoms with Crippen LogP contribution in [0.3, 0.4) is 0 Å². The van der Waals surface area contributed by atoms with Crippen molar-refractivity contribution in [2.75, 3.05) is 6.61 Å². The third kappa shape index (κ3) is 3.20. The highest BCUT2D eigenvalue weighted by Crippen LogP contribution is 2.14. The topological polar surface area (TPSA) is 75.6 Å². The molecule has 0 aliphatic carbocycles.